The highest BCUT2D eigenvalue weighted by atomic mass is 16.3. The predicted octanol–water partition coefficient (Wildman–Crippen LogP) is 4.15. The maximum absolute atomic E-state index is 10.4. The molecule has 0 amide bonds. The average Bonchev–Trinajstić information content (AvgIpc) is 2.65. The van der Waals surface area contributed by atoms with Gasteiger partial charge in [0.05, 0.1) is 0 Å². The molecule has 0 aromatic heterocycles. The van der Waals surface area contributed by atoms with Crippen molar-refractivity contribution in [2.45, 2.75) is 84.3 Å². The Hall–Kier alpha value is -2.28. The van der Waals surface area contributed by atoms with E-state index in [2.05, 4.69) is 28.9 Å². The summed E-state index contributed by atoms with van der Waals surface area (Å²) < 4.78 is 0. The summed E-state index contributed by atoms with van der Waals surface area (Å²) >= 11 is 0. The minimum Gasteiger partial charge on any atom is -0.508 e. The SMILES string of the molecule is CCCCCCCCCCN(C)Cc1cc(N2C(N)=NC(N)=NC2(C)C)ccc1O. The van der Waals surface area contributed by atoms with Crippen LogP contribution in [0.5, 0.6) is 5.75 Å². The Morgan fingerprint density at radius 2 is 1.67 bits per heavy atom. The van der Waals surface area contributed by atoms with Gasteiger partial charge in [0.25, 0.3) is 0 Å². The molecule has 0 atom stereocenters. The van der Waals surface area contributed by atoms with Crippen molar-refractivity contribution in [1.82, 2.24) is 4.90 Å². The van der Waals surface area contributed by atoms with Crippen molar-refractivity contribution >= 4 is 17.6 Å². The van der Waals surface area contributed by atoms with Gasteiger partial charge in [-0.05, 0) is 52.1 Å². The predicted molar refractivity (Wildman–Crippen MR) is 127 cm³/mol. The number of nitrogens with two attached hydrogens (primary N) is 2. The summed E-state index contributed by atoms with van der Waals surface area (Å²) in [6.45, 7) is 7.80. The standard InChI is InChI=1S/C23H40N6O/c1-5-6-7-8-9-10-11-12-15-28(4)17-18-16-19(13-14-20(18)30)29-22(25)26-21(24)27-23(29,2)3/h13-14,16,30H,5-12,15,17H2,1-4H3,(H4,24,25,26,27). The Labute approximate surface area is 181 Å². The quantitative estimate of drug-likeness (QED) is 0.444. The van der Waals surface area contributed by atoms with E-state index in [1.165, 1.54) is 51.4 Å². The fourth-order valence-electron chi connectivity index (χ4n) is 3.97. The first-order valence-corrected chi connectivity index (χ1v) is 11.2. The van der Waals surface area contributed by atoms with E-state index in [0.29, 0.717) is 12.5 Å². The molecule has 168 valence electrons. The zero-order valence-electron chi connectivity index (χ0n) is 19.2. The second-order valence-corrected chi connectivity index (χ2v) is 8.80. The summed E-state index contributed by atoms with van der Waals surface area (Å²) in [5, 5.41) is 10.4. The third kappa shape index (κ3) is 6.90. The van der Waals surface area contributed by atoms with Crippen LogP contribution in [0.15, 0.2) is 28.2 Å². The molecular weight excluding hydrogens is 376 g/mol. The number of aliphatic imine (C=N–C) groups is 2. The monoisotopic (exact) mass is 416 g/mol. The maximum Gasteiger partial charge on any atom is 0.220 e. The molecule has 1 aliphatic rings. The molecule has 7 nitrogen and oxygen atoms in total. The summed E-state index contributed by atoms with van der Waals surface area (Å²) in [5.74, 6) is 0.768. The number of hydrogen-bond donors (Lipinski definition) is 3. The molecule has 30 heavy (non-hydrogen) atoms. The molecule has 0 unspecified atom stereocenters. The first-order valence-electron chi connectivity index (χ1n) is 11.2. The van der Waals surface area contributed by atoms with Crippen LogP contribution < -0.4 is 16.4 Å². The highest BCUT2D eigenvalue weighted by molar-refractivity contribution is 6.05. The highest BCUT2D eigenvalue weighted by Crippen LogP contribution is 2.31. The molecule has 1 aromatic rings. The number of nitrogens with zero attached hydrogens (tertiary/aromatic N) is 4. The molecule has 0 fully saturated rings. The molecule has 1 heterocycles. The van der Waals surface area contributed by atoms with E-state index in [9.17, 15) is 5.11 Å². The van der Waals surface area contributed by atoms with Crippen molar-refractivity contribution in [3.63, 3.8) is 0 Å². The molecule has 5 N–H and O–H groups in total. The third-order valence-electron chi connectivity index (χ3n) is 5.55. The first-order chi connectivity index (χ1) is 14.2. The van der Waals surface area contributed by atoms with Gasteiger partial charge in [0.15, 0.2) is 0 Å². The minimum atomic E-state index is -0.646. The minimum absolute atomic E-state index is 0.179. The number of phenolic OH excluding ortho intramolecular Hbond substituents is 1. The van der Waals surface area contributed by atoms with Crippen LogP contribution in [0.4, 0.5) is 5.69 Å². The number of anilines is 1. The first kappa shape index (κ1) is 24.0. The topological polar surface area (TPSA) is 103 Å². The van der Waals surface area contributed by atoms with E-state index in [4.69, 9.17) is 11.5 Å². The van der Waals surface area contributed by atoms with Crippen LogP contribution in [0, 0.1) is 0 Å². The van der Waals surface area contributed by atoms with Crippen LogP contribution in [0.2, 0.25) is 0 Å². The summed E-state index contributed by atoms with van der Waals surface area (Å²) in [5.41, 5.74) is 13.0. The molecule has 0 saturated carbocycles. The fraction of sp³-hybridized carbons (Fsp3) is 0.652. The van der Waals surface area contributed by atoms with Crippen LogP contribution >= 0.6 is 0 Å². The molecule has 7 heteroatoms. The Morgan fingerprint density at radius 1 is 1.03 bits per heavy atom. The molecule has 0 spiro atoms. The van der Waals surface area contributed by atoms with Gasteiger partial charge >= 0.3 is 0 Å². The molecule has 1 aromatic carbocycles. The van der Waals surface area contributed by atoms with Crippen molar-refractivity contribution in [1.29, 1.82) is 0 Å². The fourth-order valence-corrected chi connectivity index (χ4v) is 3.97. The smallest absolute Gasteiger partial charge is 0.220 e. The molecule has 0 radical (unpaired) electrons. The lowest BCUT2D eigenvalue weighted by Crippen LogP contribution is -2.54. The summed E-state index contributed by atoms with van der Waals surface area (Å²) in [4.78, 5) is 12.6. The lowest BCUT2D eigenvalue weighted by Gasteiger charge is -2.38. The Bertz CT molecular complexity index is 743. The number of phenols is 1. The second kappa shape index (κ2) is 11.2. The van der Waals surface area contributed by atoms with E-state index in [1.54, 1.807) is 6.07 Å². The number of rotatable bonds is 12. The zero-order valence-corrected chi connectivity index (χ0v) is 19.2. The molecular formula is C23H40N6O. The molecule has 0 aliphatic carbocycles. The van der Waals surface area contributed by atoms with Crippen LogP contribution in [0.3, 0.4) is 0 Å². The van der Waals surface area contributed by atoms with Gasteiger partial charge in [-0.2, -0.15) is 4.99 Å². The van der Waals surface area contributed by atoms with E-state index < -0.39 is 5.66 Å². The summed E-state index contributed by atoms with van der Waals surface area (Å²) in [7, 11) is 2.10. The van der Waals surface area contributed by atoms with Crippen LogP contribution in [0.1, 0.15) is 77.7 Å². The Morgan fingerprint density at radius 3 is 2.30 bits per heavy atom. The lowest BCUT2D eigenvalue weighted by molar-refractivity contribution is 0.310. The number of unbranched alkanes of at least 4 members (excludes halogenated alkanes) is 7. The zero-order chi connectivity index (χ0) is 22.1. The number of hydrogen-bond acceptors (Lipinski definition) is 7. The molecule has 1 aliphatic heterocycles. The van der Waals surface area contributed by atoms with Gasteiger partial charge in [-0.25, -0.2) is 4.99 Å². The van der Waals surface area contributed by atoms with E-state index in [1.807, 2.05) is 30.9 Å². The van der Waals surface area contributed by atoms with Gasteiger partial charge in [-0.1, -0.05) is 51.9 Å². The Kier molecular flexibility index (Phi) is 8.96. The van der Waals surface area contributed by atoms with Gasteiger partial charge in [0.2, 0.25) is 11.9 Å². The van der Waals surface area contributed by atoms with Crippen LogP contribution in [0.25, 0.3) is 0 Å². The molecule has 0 bridgehead atoms. The lowest BCUT2D eigenvalue weighted by atomic mass is 10.1. The average molecular weight is 417 g/mol. The van der Waals surface area contributed by atoms with E-state index in [0.717, 1.165) is 17.8 Å². The van der Waals surface area contributed by atoms with Gasteiger partial charge in [0, 0.05) is 17.8 Å². The normalized spacial score (nSPS) is 16.0. The Balaban J connectivity index is 1.90. The van der Waals surface area contributed by atoms with Crippen LogP contribution in [-0.4, -0.2) is 41.2 Å². The van der Waals surface area contributed by atoms with Gasteiger partial charge in [0.1, 0.15) is 11.4 Å². The van der Waals surface area contributed by atoms with Gasteiger partial charge in [-0.15, -0.1) is 0 Å². The number of guanidine groups is 2. The van der Waals surface area contributed by atoms with Crippen molar-refractivity contribution in [2.24, 2.45) is 21.5 Å². The van der Waals surface area contributed by atoms with Crippen LogP contribution in [-0.2, 0) is 6.54 Å². The number of benzene rings is 1. The second-order valence-electron chi connectivity index (χ2n) is 8.80. The van der Waals surface area contributed by atoms with E-state index >= 15 is 0 Å². The van der Waals surface area contributed by atoms with Gasteiger partial charge < -0.3 is 21.5 Å². The number of aromatic hydroxyl groups is 1. The molecule has 2 rings (SSSR count). The largest absolute Gasteiger partial charge is 0.508 e. The summed E-state index contributed by atoms with van der Waals surface area (Å²) in [6.07, 6.45) is 10.5. The third-order valence-corrected chi connectivity index (χ3v) is 5.55. The van der Waals surface area contributed by atoms with Gasteiger partial charge in [-0.3, -0.25) is 4.90 Å². The van der Waals surface area contributed by atoms with Crippen molar-refractivity contribution < 1.29 is 5.11 Å². The molecule has 0 saturated heterocycles. The van der Waals surface area contributed by atoms with Crippen molar-refractivity contribution in [3.05, 3.63) is 23.8 Å². The maximum atomic E-state index is 10.4. The van der Waals surface area contributed by atoms with Crippen molar-refractivity contribution in [3.8, 4) is 5.75 Å². The van der Waals surface area contributed by atoms with Crippen molar-refractivity contribution in [2.75, 3.05) is 18.5 Å². The highest BCUT2D eigenvalue weighted by Gasteiger charge is 2.33. The van der Waals surface area contributed by atoms with E-state index in [-0.39, 0.29) is 11.7 Å². The summed E-state index contributed by atoms with van der Waals surface area (Å²) in [6, 6.07) is 5.50.